The number of hydrogen-bond acceptors (Lipinski definition) is 6. The molecule has 228 valence electrons. The zero-order valence-corrected chi connectivity index (χ0v) is 22.9. The third kappa shape index (κ3) is 7.85. The van der Waals surface area contributed by atoms with E-state index in [0.29, 0.717) is 54.8 Å². The number of nitrogens with two attached hydrogens (primary N) is 1. The fourth-order valence-corrected chi connectivity index (χ4v) is 4.91. The molecular formula is C30H29F6N5O2. The molecule has 0 atom stereocenters. The van der Waals surface area contributed by atoms with Gasteiger partial charge in [-0.2, -0.15) is 26.3 Å². The number of fused-ring (bicyclic) bond motifs is 1. The first-order valence-corrected chi connectivity index (χ1v) is 13.2. The van der Waals surface area contributed by atoms with Crippen LogP contribution in [0, 0.1) is 5.92 Å². The lowest BCUT2D eigenvalue weighted by atomic mass is 9.97. The molecule has 7 nitrogen and oxygen atoms in total. The lowest BCUT2D eigenvalue weighted by molar-refractivity contribution is -0.144. The van der Waals surface area contributed by atoms with E-state index in [1.165, 1.54) is 17.3 Å². The predicted octanol–water partition coefficient (Wildman–Crippen LogP) is 6.41. The molecule has 0 spiro atoms. The second kappa shape index (κ2) is 12.8. The molecule has 0 saturated carbocycles. The molecule has 2 heterocycles. The van der Waals surface area contributed by atoms with Crippen LogP contribution in [0.25, 0.3) is 10.9 Å². The van der Waals surface area contributed by atoms with E-state index in [2.05, 4.69) is 16.6 Å². The molecule has 43 heavy (non-hydrogen) atoms. The van der Waals surface area contributed by atoms with Crippen molar-refractivity contribution in [2.45, 2.75) is 38.3 Å². The molecule has 0 aliphatic carbocycles. The number of benzene rings is 2. The minimum Gasteiger partial charge on any atom is -0.481 e. The number of piperidine rings is 1. The topological polar surface area (TPSA) is 95.0 Å². The lowest BCUT2D eigenvalue weighted by Crippen LogP contribution is -2.36. The molecule has 2 aromatic carbocycles. The van der Waals surface area contributed by atoms with Crippen molar-refractivity contribution < 1.29 is 36.2 Å². The van der Waals surface area contributed by atoms with Gasteiger partial charge < -0.3 is 20.6 Å². The lowest BCUT2D eigenvalue weighted by Gasteiger charge is -2.32. The van der Waals surface area contributed by atoms with E-state index in [-0.39, 0.29) is 30.5 Å². The van der Waals surface area contributed by atoms with Crippen LogP contribution < -0.4 is 5.73 Å². The summed E-state index contributed by atoms with van der Waals surface area (Å²) < 4.78 is 81.4. The molecule has 1 aliphatic heterocycles. The number of hydrogen-bond donors (Lipinski definition) is 2. The Bertz CT molecular complexity index is 1500. The average Bonchev–Trinajstić information content (AvgIpc) is 2.96. The van der Waals surface area contributed by atoms with E-state index in [1.54, 1.807) is 24.4 Å². The zero-order chi connectivity index (χ0) is 31.4. The molecule has 0 bridgehead atoms. The number of pyridine rings is 1. The van der Waals surface area contributed by atoms with Gasteiger partial charge in [-0.15, -0.1) is 0 Å². The summed E-state index contributed by atoms with van der Waals surface area (Å²) in [5.41, 5.74) is 4.46. The summed E-state index contributed by atoms with van der Waals surface area (Å²) >= 11 is 0. The highest BCUT2D eigenvalue weighted by atomic mass is 19.4. The molecular weight excluding hydrogens is 576 g/mol. The Labute approximate surface area is 243 Å². The van der Waals surface area contributed by atoms with Gasteiger partial charge in [0, 0.05) is 44.0 Å². The van der Waals surface area contributed by atoms with Crippen molar-refractivity contribution in [3.05, 3.63) is 101 Å². The van der Waals surface area contributed by atoms with Crippen molar-refractivity contribution in [3.63, 3.8) is 0 Å². The van der Waals surface area contributed by atoms with Crippen molar-refractivity contribution in [2.24, 2.45) is 16.6 Å². The van der Waals surface area contributed by atoms with Crippen LogP contribution in [0.4, 0.5) is 26.3 Å². The van der Waals surface area contributed by atoms with Gasteiger partial charge >= 0.3 is 18.3 Å². The third-order valence-electron chi connectivity index (χ3n) is 7.19. The van der Waals surface area contributed by atoms with Gasteiger partial charge in [0.2, 0.25) is 0 Å². The second-order valence-electron chi connectivity index (χ2n) is 10.1. The van der Waals surface area contributed by atoms with Crippen LogP contribution in [0.3, 0.4) is 0 Å². The maximum absolute atomic E-state index is 13.6. The number of halogens is 6. The van der Waals surface area contributed by atoms with Gasteiger partial charge in [-0.25, -0.2) is 4.99 Å². The SMILES string of the molecule is C=C(N=C/C(=C\N)N1CCC(C(=O)O)CC1)N(Cc1cc(C(F)(F)F)cc(C(F)(F)F)c1)Cc1cccc2cccnc12. The van der Waals surface area contributed by atoms with Gasteiger partial charge in [0.05, 0.1) is 34.5 Å². The van der Waals surface area contributed by atoms with Crippen LogP contribution in [0.15, 0.2) is 84.0 Å². The molecule has 1 aliphatic rings. The Kier molecular flexibility index (Phi) is 9.31. The maximum Gasteiger partial charge on any atom is 0.416 e. The minimum atomic E-state index is -5.00. The number of aliphatic imine (C=N–C) groups is 1. The van der Waals surface area contributed by atoms with Crippen LogP contribution in [-0.4, -0.2) is 45.2 Å². The monoisotopic (exact) mass is 605 g/mol. The van der Waals surface area contributed by atoms with E-state index in [4.69, 9.17) is 5.73 Å². The van der Waals surface area contributed by atoms with E-state index in [0.717, 1.165) is 5.39 Å². The number of rotatable bonds is 9. The summed E-state index contributed by atoms with van der Waals surface area (Å²) in [6.45, 7) is 4.42. The Morgan fingerprint density at radius 3 is 2.26 bits per heavy atom. The average molecular weight is 606 g/mol. The van der Waals surface area contributed by atoms with Crippen molar-refractivity contribution in [1.82, 2.24) is 14.8 Å². The van der Waals surface area contributed by atoms with Crippen LogP contribution in [0.1, 0.15) is 35.1 Å². The van der Waals surface area contributed by atoms with Gasteiger partial charge in [-0.05, 0) is 48.2 Å². The fraction of sp³-hybridized carbons (Fsp3) is 0.300. The quantitative estimate of drug-likeness (QED) is 0.216. The van der Waals surface area contributed by atoms with Crippen molar-refractivity contribution in [3.8, 4) is 0 Å². The molecule has 1 aromatic heterocycles. The number of carboxylic acid groups (broad SMARTS) is 1. The Balaban J connectivity index is 1.67. The first-order chi connectivity index (χ1) is 20.3. The standard InChI is InChI=1S/C30H29F6N5O2/c1-19(39-16-26(15-37)40-10-7-22(8-11-40)28(42)43)41(18-23-5-2-4-21-6-3-9-38-27(21)23)17-20-12-24(29(31,32)33)14-25(13-20)30(34,35)36/h2-6,9,12-16,22H,1,7-8,10-11,17-18,37H2,(H,42,43)/b26-15+,39-16?. The first kappa shape index (κ1) is 31.4. The van der Waals surface area contributed by atoms with Crippen molar-refractivity contribution in [1.29, 1.82) is 0 Å². The Morgan fingerprint density at radius 1 is 1.05 bits per heavy atom. The maximum atomic E-state index is 13.6. The number of likely N-dealkylation sites (tertiary alicyclic amines) is 1. The number of aromatic nitrogens is 1. The van der Waals surface area contributed by atoms with E-state index >= 15 is 0 Å². The summed E-state index contributed by atoms with van der Waals surface area (Å²) in [6, 6.07) is 10.4. The second-order valence-corrected chi connectivity index (χ2v) is 10.1. The molecule has 4 rings (SSSR count). The Hall–Kier alpha value is -4.55. The van der Waals surface area contributed by atoms with Crippen molar-refractivity contribution >= 4 is 23.1 Å². The predicted molar refractivity (Wildman–Crippen MR) is 149 cm³/mol. The molecule has 0 amide bonds. The zero-order valence-electron chi connectivity index (χ0n) is 22.9. The van der Waals surface area contributed by atoms with Crippen molar-refractivity contribution in [2.75, 3.05) is 13.1 Å². The van der Waals surface area contributed by atoms with Gasteiger partial charge in [0.15, 0.2) is 0 Å². The summed E-state index contributed by atoms with van der Waals surface area (Å²) in [5.74, 6) is -1.29. The number of aliphatic carboxylic acids is 1. The van der Waals surface area contributed by atoms with Crippen LogP contribution in [0.2, 0.25) is 0 Å². The van der Waals surface area contributed by atoms with Gasteiger partial charge in [-0.1, -0.05) is 30.8 Å². The normalized spacial score (nSPS) is 15.3. The first-order valence-electron chi connectivity index (χ1n) is 13.2. The number of nitrogens with zero attached hydrogens (tertiary/aromatic N) is 4. The smallest absolute Gasteiger partial charge is 0.416 e. The summed E-state index contributed by atoms with van der Waals surface area (Å²) in [5, 5.41) is 10.1. The molecule has 3 N–H and O–H groups in total. The number of allylic oxidation sites excluding steroid dienone is 1. The van der Waals surface area contributed by atoms with E-state index in [9.17, 15) is 36.2 Å². The number of alkyl halides is 6. The molecule has 13 heteroatoms. The van der Waals surface area contributed by atoms with E-state index in [1.807, 2.05) is 17.0 Å². The largest absolute Gasteiger partial charge is 0.481 e. The highest BCUT2D eigenvalue weighted by Gasteiger charge is 2.37. The fourth-order valence-electron chi connectivity index (χ4n) is 4.91. The van der Waals surface area contributed by atoms with Crippen LogP contribution in [0.5, 0.6) is 0 Å². The van der Waals surface area contributed by atoms with Gasteiger partial charge in [0.25, 0.3) is 0 Å². The molecule has 1 saturated heterocycles. The van der Waals surface area contributed by atoms with Gasteiger partial charge in [-0.3, -0.25) is 9.78 Å². The van der Waals surface area contributed by atoms with Crippen LogP contribution in [-0.2, 0) is 30.2 Å². The summed E-state index contributed by atoms with van der Waals surface area (Å²) in [7, 11) is 0. The highest BCUT2D eigenvalue weighted by Crippen LogP contribution is 2.37. The van der Waals surface area contributed by atoms with Gasteiger partial charge in [0.1, 0.15) is 5.82 Å². The molecule has 0 unspecified atom stereocenters. The minimum absolute atomic E-state index is 0.0216. The number of para-hydroxylation sites is 1. The molecule has 0 radical (unpaired) electrons. The Morgan fingerprint density at radius 2 is 1.67 bits per heavy atom. The third-order valence-corrected chi connectivity index (χ3v) is 7.19. The number of carbonyl (C=O) groups is 1. The van der Waals surface area contributed by atoms with Crippen LogP contribution >= 0.6 is 0 Å². The number of carboxylic acids is 1. The summed E-state index contributed by atoms with van der Waals surface area (Å²) in [4.78, 5) is 23.4. The van der Waals surface area contributed by atoms with E-state index < -0.39 is 35.4 Å². The summed E-state index contributed by atoms with van der Waals surface area (Å²) in [6.07, 6.45) is -4.92. The molecule has 1 fully saturated rings. The highest BCUT2D eigenvalue weighted by molar-refractivity contribution is 5.81. The molecule has 3 aromatic rings.